The normalized spacial score (nSPS) is 10.4. The predicted octanol–water partition coefficient (Wildman–Crippen LogP) is 4.52. The Morgan fingerprint density at radius 2 is 1.08 bits per heavy atom. The molecule has 3 nitrogen and oxygen atoms in total. The summed E-state index contributed by atoms with van der Waals surface area (Å²) >= 11 is 0. The molecule has 0 N–H and O–H groups in total. The Balaban J connectivity index is 1.62. The molecule has 1 aromatic heterocycles. The molecule has 0 aliphatic rings. The van der Waals surface area contributed by atoms with Gasteiger partial charge in [-0.15, -0.1) is 0 Å². The van der Waals surface area contributed by atoms with E-state index < -0.39 is 11.6 Å². The van der Waals surface area contributed by atoms with Crippen LogP contribution in [0.4, 0.5) is 8.78 Å². The van der Waals surface area contributed by atoms with Crippen molar-refractivity contribution >= 4 is 0 Å². The average molecular weight is 327 g/mol. The van der Waals surface area contributed by atoms with Gasteiger partial charge in [0.25, 0.3) is 0 Å². The summed E-state index contributed by atoms with van der Waals surface area (Å²) in [5.74, 6) is -0.493. The SMILES string of the molecule is Fc1ccccc1OCc1cccc(COc2ccccc2F)n1. The summed E-state index contributed by atoms with van der Waals surface area (Å²) in [6.07, 6.45) is 0. The Kier molecular flexibility index (Phi) is 5.01. The molecule has 0 aliphatic heterocycles. The molecule has 5 heteroatoms. The molecule has 1 heterocycles. The summed E-state index contributed by atoms with van der Waals surface area (Å²) < 4.78 is 37.9. The number of hydrogen-bond acceptors (Lipinski definition) is 3. The van der Waals surface area contributed by atoms with Crippen LogP contribution in [0.5, 0.6) is 11.5 Å². The van der Waals surface area contributed by atoms with Crippen molar-refractivity contribution in [1.82, 2.24) is 4.98 Å². The summed E-state index contributed by atoms with van der Waals surface area (Å²) in [5, 5.41) is 0. The molecule has 0 atom stereocenters. The van der Waals surface area contributed by atoms with E-state index in [4.69, 9.17) is 9.47 Å². The molecule has 0 spiro atoms. The topological polar surface area (TPSA) is 31.4 Å². The van der Waals surface area contributed by atoms with Crippen molar-refractivity contribution in [2.75, 3.05) is 0 Å². The largest absolute Gasteiger partial charge is 0.484 e. The van der Waals surface area contributed by atoms with Crippen molar-refractivity contribution in [2.24, 2.45) is 0 Å². The number of aromatic nitrogens is 1. The van der Waals surface area contributed by atoms with Gasteiger partial charge in [-0.3, -0.25) is 4.98 Å². The first-order valence-electron chi connectivity index (χ1n) is 7.42. The maximum absolute atomic E-state index is 13.5. The van der Waals surface area contributed by atoms with E-state index in [1.807, 2.05) is 0 Å². The first-order valence-corrected chi connectivity index (χ1v) is 7.42. The first kappa shape index (κ1) is 15.9. The lowest BCUT2D eigenvalue weighted by atomic mass is 10.3. The monoisotopic (exact) mass is 327 g/mol. The van der Waals surface area contributed by atoms with E-state index in [0.29, 0.717) is 11.4 Å². The zero-order valence-electron chi connectivity index (χ0n) is 12.8. The number of rotatable bonds is 6. The van der Waals surface area contributed by atoms with Gasteiger partial charge in [0.15, 0.2) is 23.1 Å². The fourth-order valence-electron chi connectivity index (χ4n) is 2.12. The quantitative estimate of drug-likeness (QED) is 0.667. The number of halogens is 2. The first-order chi connectivity index (χ1) is 11.7. The van der Waals surface area contributed by atoms with Crippen molar-refractivity contribution in [3.8, 4) is 11.5 Å². The highest BCUT2D eigenvalue weighted by molar-refractivity contribution is 5.25. The number of pyridine rings is 1. The van der Waals surface area contributed by atoms with Crippen LogP contribution in [0.15, 0.2) is 66.7 Å². The molecular weight excluding hydrogens is 312 g/mol. The Labute approximate surface area is 138 Å². The molecule has 122 valence electrons. The Bertz CT molecular complexity index is 759. The third kappa shape index (κ3) is 4.07. The van der Waals surface area contributed by atoms with Gasteiger partial charge in [-0.2, -0.15) is 0 Å². The van der Waals surface area contributed by atoms with Crippen molar-refractivity contribution in [3.63, 3.8) is 0 Å². The molecule has 0 fully saturated rings. The molecule has 0 saturated heterocycles. The second-order valence-corrected chi connectivity index (χ2v) is 5.06. The molecule has 24 heavy (non-hydrogen) atoms. The maximum Gasteiger partial charge on any atom is 0.165 e. The van der Waals surface area contributed by atoms with Gasteiger partial charge in [0.1, 0.15) is 13.2 Å². The number of nitrogens with zero attached hydrogens (tertiary/aromatic N) is 1. The van der Waals surface area contributed by atoms with Crippen LogP contribution in [0.2, 0.25) is 0 Å². The minimum atomic E-state index is -0.420. The van der Waals surface area contributed by atoms with Gasteiger partial charge in [-0.1, -0.05) is 30.3 Å². The molecule has 0 aliphatic carbocycles. The Morgan fingerprint density at radius 1 is 0.625 bits per heavy atom. The van der Waals surface area contributed by atoms with Gasteiger partial charge in [-0.05, 0) is 36.4 Å². The van der Waals surface area contributed by atoms with E-state index in [9.17, 15) is 8.78 Å². The summed E-state index contributed by atoms with van der Waals surface area (Å²) in [5.41, 5.74) is 1.26. The van der Waals surface area contributed by atoms with Gasteiger partial charge in [-0.25, -0.2) is 8.78 Å². The molecule has 0 unspecified atom stereocenters. The molecular formula is C19H15F2NO2. The highest BCUT2D eigenvalue weighted by Crippen LogP contribution is 2.18. The average Bonchev–Trinajstić information content (AvgIpc) is 2.61. The maximum atomic E-state index is 13.5. The number of ether oxygens (including phenoxy) is 2. The third-order valence-electron chi connectivity index (χ3n) is 3.29. The van der Waals surface area contributed by atoms with Crippen molar-refractivity contribution in [1.29, 1.82) is 0 Å². The number of benzene rings is 2. The minimum Gasteiger partial charge on any atom is -0.484 e. The standard InChI is InChI=1S/C19H15F2NO2/c20-16-8-1-3-10-18(16)23-12-14-6-5-7-15(22-14)13-24-19-11-4-2-9-17(19)21/h1-11H,12-13H2. The lowest BCUT2D eigenvalue weighted by Crippen LogP contribution is -2.04. The molecule has 0 amide bonds. The van der Waals surface area contributed by atoms with E-state index in [1.165, 1.54) is 12.1 Å². The van der Waals surface area contributed by atoms with Crippen LogP contribution in [-0.2, 0) is 13.2 Å². The Hall–Kier alpha value is -2.95. The van der Waals surface area contributed by atoms with Gasteiger partial charge >= 0.3 is 0 Å². The third-order valence-corrected chi connectivity index (χ3v) is 3.29. The van der Waals surface area contributed by atoms with Gasteiger partial charge in [0, 0.05) is 0 Å². The fraction of sp³-hybridized carbons (Fsp3) is 0.105. The summed E-state index contributed by atoms with van der Waals surface area (Å²) in [4.78, 5) is 4.37. The van der Waals surface area contributed by atoms with Crippen LogP contribution in [0, 0.1) is 11.6 Å². The lowest BCUT2D eigenvalue weighted by molar-refractivity contribution is 0.276. The number of para-hydroxylation sites is 2. The molecule has 3 rings (SSSR count). The van der Waals surface area contributed by atoms with Crippen LogP contribution in [-0.4, -0.2) is 4.98 Å². The van der Waals surface area contributed by atoms with Gasteiger partial charge in [0.2, 0.25) is 0 Å². The molecule has 0 radical (unpaired) electrons. The lowest BCUT2D eigenvalue weighted by Gasteiger charge is -2.09. The van der Waals surface area contributed by atoms with Crippen LogP contribution in [0.25, 0.3) is 0 Å². The van der Waals surface area contributed by atoms with E-state index in [2.05, 4.69) is 4.98 Å². The van der Waals surface area contributed by atoms with Crippen LogP contribution in [0.3, 0.4) is 0 Å². The molecule has 0 saturated carbocycles. The van der Waals surface area contributed by atoms with Crippen LogP contribution < -0.4 is 9.47 Å². The van der Waals surface area contributed by atoms with Gasteiger partial charge < -0.3 is 9.47 Å². The number of hydrogen-bond donors (Lipinski definition) is 0. The van der Waals surface area contributed by atoms with Crippen molar-refractivity contribution in [3.05, 3.63) is 89.8 Å². The van der Waals surface area contributed by atoms with E-state index >= 15 is 0 Å². The van der Waals surface area contributed by atoms with E-state index in [1.54, 1.807) is 54.6 Å². The van der Waals surface area contributed by atoms with E-state index in [-0.39, 0.29) is 24.7 Å². The highest BCUT2D eigenvalue weighted by atomic mass is 19.1. The second-order valence-electron chi connectivity index (χ2n) is 5.06. The molecule has 0 bridgehead atoms. The van der Waals surface area contributed by atoms with E-state index in [0.717, 1.165) is 0 Å². The molecule has 2 aromatic carbocycles. The highest BCUT2D eigenvalue weighted by Gasteiger charge is 2.05. The van der Waals surface area contributed by atoms with Crippen molar-refractivity contribution < 1.29 is 18.3 Å². The summed E-state index contributed by atoms with van der Waals surface area (Å²) in [6.45, 7) is 0.267. The predicted molar refractivity (Wildman–Crippen MR) is 85.7 cm³/mol. The molecule has 3 aromatic rings. The van der Waals surface area contributed by atoms with Gasteiger partial charge in [0.05, 0.1) is 11.4 Å². The summed E-state index contributed by atoms with van der Waals surface area (Å²) in [7, 11) is 0. The second kappa shape index (κ2) is 7.55. The fourth-order valence-corrected chi connectivity index (χ4v) is 2.12. The summed E-state index contributed by atoms with van der Waals surface area (Å²) in [6, 6.07) is 17.7. The zero-order chi connectivity index (χ0) is 16.8. The van der Waals surface area contributed by atoms with Crippen LogP contribution in [0.1, 0.15) is 11.4 Å². The Morgan fingerprint density at radius 3 is 1.54 bits per heavy atom. The van der Waals surface area contributed by atoms with Crippen LogP contribution >= 0.6 is 0 Å². The minimum absolute atomic E-state index is 0.133. The zero-order valence-corrected chi connectivity index (χ0v) is 12.8. The van der Waals surface area contributed by atoms with Crippen molar-refractivity contribution in [2.45, 2.75) is 13.2 Å². The smallest absolute Gasteiger partial charge is 0.165 e.